The molecule has 0 saturated heterocycles. The number of anilines is 1. The summed E-state index contributed by atoms with van der Waals surface area (Å²) in [5.41, 5.74) is 5.16. The summed E-state index contributed by atoms with van der Waals surface area (Å²) in [5.74, 6) is 0.606. The molecule has 3 heteroatoms. The molecule has 0 aliphatic rings. The van der Waals surface area contributed by atoms with E-state index in [0.29, 0.717) is 5.82 Å². The lowest BCUT2D eigenvalue weighted by Gasteiger charge is -1.70. The lowest BCUT2D eigenvalue weighted by molar-refractivity contribution is 1.10. The summed E-state index contributed by atoms with van der Waals surface area (Å²) in [5, 5.41) is 6.10. The molecule has 1 aromatic heterocycles. The van der Waals surface area contributed by atoms with E-state index in [-0.39, 0.29) is 1.43 Å². The molecule has 0 aliphatic heterocycles. The van der Waals surface area contributed by atoms with Gasteiger partial charge in [-0.3, -0.25) is 5.10 Å². The fourth-order valence-corrected chi connectivity index (χ4v) is 0.267. The zero-order valence-electron chi connectivity index (χ0n) is 4.18. The molecule has 6 heavy (non-hydrogen) atoms. The fraction of sp³-hybridized carbons (Fsp3) is 0. The summed E-state index contributed by atoms with van der Waals surface area (Å²) in [7, 11) is 0. The van der Waals surface area contributed by atoms with Crippen molar-refractivity contribution in [2.24, 2.45) is 0 Å². The molecule has 3 nitrogen and oxygen atoms in total. The van der Waals surface area contributed by atoms with E-state index < -0.39 is 0 Å². The summed E-state index contributed by atoms with van der Waals surface area (Å²) >= 11 is 0. The Kier molecular flexibility index (Phi) is 0.538. The van der Waals surface area contributed by atoms with Crippen LogP contribution in [0.4, 0.5) is 5.82 Å². The second-order valence-electron chi connectivity index (χ2n) is 1.01. The van der Waals surface area contributed by atoms with Crippen LogP contribution in [0.25, 0.3) is 0 Å². The normalized spacial score (nSPS) is 8.67. The van der Waals surface area contributed by atoms with Crippen molar-refractivity contribution in [3.05, 3.63) is 12.3 Å². The van der Waals surface area contributed by atoms with Crippen LogP contribution in [0, 0.1) is 0 Å². The number of H-pyrrole nitrogens is 1. The highest BCUT2D eigenvalue weighted by Gasteiger charge is 1.74. The molecule has 1 aromatic rings. The molecule has 32 valence electrons. The zero-order chi connectivity index (χ0) is 4.41. The Hall–Kier alpha value is -0.990. The summed E-state index contributed by atoms with van der Waals surface area (Å²) in [6.45, 7) is 0. The van der Waals surface area contributed by atoms with Gasteiger partial charge < -0.3 is 5.73 Å². The maximum Gasteiger partial charge on any atom is 1.00 e. The molecule has 0 fully saturated rings. The van der Waals surface area contributed by atoms with Gasteiger partial charge in [0.1, 0.15) is 5.82 Å². The van der Waals surface area contributed by atoms with E-state index in [9.17, 15) is 0 Å². The SMILES string of the molecule is Nc1ccn[nH]1.[H+]. The van der Waals surface area contributed by atoms with E-state index in [0.717, 1.165) is 0 Å². The van der Waals surface area contributed by atoms with Crippen LogP contribution in [0.2, 0.25) is 0 Å². The predicted molar refractivity (Wildman–Crippen MR) is 24.1 cm³/mol. The predicted octanol–water partition coefficient (Wildman–Crippen LogP) is 0.104. The quantitative estimate of drug-likeness (QED) is 0.468. The lowest BCUT2D eigenvalue weighted by Crippen LogP contribution is -1.81. The van der Waals surface area contributed by atoms with Crippen LogP contribution in [0.5, 0.6) is 0 Å². The molecule has 0 radical (unpaired) electrons. The van der Waals surface area contributed by atoms with Gasteiger partial charge in [-0.1, -0.05) is 0 Å². The van der Waals surface area contributed by atoms with Crippen LogP contribution in [0.15, 0.2) is 12.3 Å². The molecule has 0 aliphatic carbocycles. The van der Waals surface area contributed by atoms with Gasteiger partial charge in [0.2, 0.25) is 0 Å². The lowest BCUT2D eigenvalue weighted by atomic mass is 10.7. The Morgan fingerprint density at radius 2 is 2.83 bits per heavy atom. The van der Waals surface area contributed by atoms with Crippen LogP contribution in [-0.4, -0.2) is 10.2 Å². The van der Waals surface area contributed by atoms with Crippen molar-refractivity contribution in [3.63, 3.8) is 0 Å². The third-order valence-electron chi connectivity index (χ3n) is 0.522. The van der Waals surface area contributed by atoms with E-state index in [1.54, 1.807) is 12.3 Å². The van der Waals surface area contributed by atoms with Crippen LogP contribution in [0.1, 0.15) is 1.43 Å². The molecular formula is C3H6N3+. The van der Waals surface area contributed by atoms with Crippen LogP contribution >= 0.6 is 0 Å². The van der Waals surface area contributed by atoms with Gasteiger partial charge in [-0.2, -0.15) is 5.10 Å². The molecular weight excluding hydrogens is 78.1 g/mol. The van der Waals surface area contributed by atoms with Crippen molar-refractivity contribution in [3.8, 4) is 0 Å². The van der Waals surface area contributed by atoms with Gasteiger partial charge in [-0.15, -0.1) is 0 Å². The molecule has 0 unspecified atom stereocenters. The Morgan fingerprint density at radius 1 is 2.00 bits per heavy atom. The number of hydrogen-bond donors (Lipinski definition) is 2. The van der Waals surface area contributed by atoms with Crippen molar-refractivity contribution >= 4 is 5.82 Å². The van der Waals surface area contributed by atoms with Gasteiger partial charge in [0.25, 0.3) is 0 Å². The highest BCUT2D eigenvalue weighted by Crippen LogP contribution is 1.86. The summed E-state index contributed by atoms with van der Waals surface area (Å²) in [6, 6.07) is 1.69. The van der Waals surface area contributed by atoms with E-state index >= 15 is 0 Å². The molecule has 0 atom stereocenters. The first-order valence-corrected chi connectivity index (χ1v) is 1.64. The third-order valence-corrected chi connectivity index (χ3v) is 0.522. The van der Waals surface area contributed by atoms with Crippen molar-refractivity contribution in [2.75, 3.05) is 5.73 Å². The second kappa shape index (κ2) is 1.01. The van der Waals surface area contributed by atoms with E-state index in [1.165, 1.54) is 0 Å². The van der Waals surface area contributed by atoms with Crippen molar-refractivity contribution < 1.29 is 1.43 Å². The second-order valence-corrected chi connectivity index (χ2v) is 1.01. The number of rotatable bonds is 0. The minimum atomic E-state index is 0. The molecule has 0 bridgehead atoms. The van der Waals surface area contributed by atoms with Crippen molar-refractivity contribution in [1.29, 1.82) is 0 Å². The van der Waals surface area contributed by atoms with Crippen molar-refractivity contribution in [2.45, 2.75) is 0 Å². The molecule has 0 amide bonds. The zero-order valence-corrected chi connectivity index (χ0v) is 3.18. The fourth-order valence-electron chi connectivity index (χ4n) is 0.267. The highest BCUT2D eigenvalue weighted by atomic mass is 15.1. The number of aromatic amines is 1. The highest BCUT2D eigenvalue weighted by molar-refractivity contribution is 5.22. The number of aromatic nitrogens is 2. The smallest absolute Gasteiger partial charge is 0.384 e. The minimum absolute atomic E-state index is 0. The molecule has 0 aromatic carbocycles. The van der Waals surface area contributed by atoms with Crippen LogP contribution in [-0.2, 0) is 0 Å². The number of nitrogens with one attached hydrogen (secondary N) is 1. The van der Waals surface area contributed by atoms with E-state index in [1.807, 2.05) is 0 Å². The summed E-state index contributed by atoms with van der Waals surface area (Å²) < 4.78 is 0. The Morgan fingerprint density at radius 3 is 3.00 bits per heavy atom. The molecule has 0 saturated carbocycles. The average Bonchev–Trinajstić information content (AvgIpc) is 1.86. The molecule has 1 rings (SSSR count). The van der Waals surface area contributed by atoms with Gasteiger partial charge >= 0.3 is 1.43 Å². The summed E-state index contributed by atoms with van der Waals surface area (Å²) in [4.78, 5) is 0. The molecule has 0 spiro atoms. The average molecular weight is 84.1 g/mol. The largest absolute Gasteiger partial charge is 1.00 e. The number of nitrogen functional groups attached to an aromatic ring is 1. The maximum atomic E-state index is 5.16. The van der Waals surface area contributed by atoms with Gasteiger partial charge in [0.05, 0.1) is 6.20 Å². The Labute approximate surface area is 36.7 Å². The van der Waals surface area contributed by atoms with E-state index in [4.69, 9.17) is 5.73 Å². The van der Waals surface area contributed by atoms with Crippen LogP contribution < -0.4 is 5.73 Å². The van der Waals surface area contributed by atoms with Gasteiger partial charge in [0, 0.05) is 0 Å². The maximum absolute atomic E-state index is 5.16. The van der Waals surface area contributed by atoms with E-state index in [2.05, 4.69) is 10.2 Å². The first-order valence-electron chi connectivity index (χ1n) is 1.64. The molecule has 1 heterocycles. The Balaban J connectivity index is 0.000000360. The number of nitrogens with zero attached hydrogens (tertiary/aromatic N) is 1. The summed E-state index contributed by atoms with van der Waals surface area (Å²) in [6.07, 6.45) is 1.61. The number of hydrogen-bond acceptors (Lipinski definition) is 2. The first kappa shape index (κ1) is 3.21. The third kappa shape index (κ3) is 0.337. The first-order chi connectivity index (χ1) is 2.89. The number of nitrogens with two attached hydrogens (primary N) is 1. The standard InChI is InChI=1S/C3H5N3/c4-3-1-2-5-6-3/h1-2H,(H3,4,5,6)/p+1. The Bertz CT molecular complexity index is 114. The van der Waals surface area contributed by atoms with Gasteiger partial charge in [-0.25, -0.2) is 0 Å². The van der Waals surface area contributed by atoms with Crippen LogP contribution in [0.3, 0.4) is 0 Å². The topological polar surface area (TPSA) is 54.7 Å². The van der Waals surface area contributed by atoms with Crippen molar-refractivity contribution in [1.82, 2.24) is 10.2 Å². The minimum Gasteiger partial charge on any atom is -0.384 e. The monoisotopic (exact) mass is 84.1 g/mol. The molecule has 3 N–H and O–H groups in total. The van der Waals surface area contributed by atoms with Gasteiger partial charge in [0.15, 0.2) is 0 Å². The van der Waals surface area contributed by atoms with Gasteiger partial charge in [-0.05, 0) is 6.07 Å².